The van der Waals surface area contributed by atoms with Crippen molar-refractivity contribution in [2.45, 2.75) is 24.4 Å². The normalized spacial score (nSPS) is 17.9. The lowest BCUT2D eigenvalue weighted by atomic mass is 10.0. The minimum absolute atomic E-state index is 0.0268. The van der Waals surface area contributed by atoms with Crippen LogP contribution in [0.3, 0.4) is 0 Å². The highest BCUT2D eigenvalue weighted by Gasteiger charge is 2.32. The minimum Gasteiger partial charge on any atom is -0.394 e. The molecule has 0 radical (unpaired) electrons. The number of benzene rings is 1. The van der Waals surface area contributed by atoms with Crippen molar-refractivity contribution in [1.29, 1.82) is 0 Å². The van der Waals surface area contributed by atoms with E-state index in [0.717, 1.165) is 0 Å². The zero-order valence-corrected chi connectivity index (χ0v) is 11.1. The molecule has 0 fully saturated rings. The summed E-state index contributed by atoms with van der Waals surface area (Å²) < 4.78 is 0. The third kappa shape index (κ3) is 2.93. The topological polar surface area (TPSA) is 130 Å². The fourth-order valence-electron chi connectivity index (χ4n) is 1.83. The van der Waals surface area contributed by atoms with E-state index in [1.54, 1.807) is 18.2 Å². The summed E-state index contributed by atoms with van der Waals surface area (Å²) in [5, 5.41) is 47.7. The number of aromatic nitrogens is 2. The number of halogens is 1. The van der Waals surface area contributed by atoms with Gasteiger partial charge in [0.1, 0.15) is 30.2 Å². The first-order valence-electron chi connectivity index (χ1n) is 5.92. The molecule has 20 heavy (non-hydrogen) atoms. The Bertz CT molecular complexity index is 590. The summed E-state index contributed by atoms with van der Waals surface area (Å²) in [4.78, 5) is 6.83. The Hall–Kier alpha value is -1.22. The van der Waals surface area contributed by atoms with Gasteiger partial charge in [0.2, 0.25) is 0 Å². The molecule has 2 rings (SSSR count). The largest absolute Gasteiger partial charge is 0.394 e. The molecule has 8 heteroatoms. The zero-order chi connectivity index (χ0) is 14.9. The molecule has 1 heterocycles. The molecule has 0 saturated carbocycles. The molecule has 0 amide bonds. The molecule has 6 N–H and O–H groups in total. The Kier molecular flexibility index (Phi) is 4.59. The Morgan fingerprint density at radius 3 is 2.50 bits per heavy atom. The standard InChI is InChI=1S/C12H15ClN2O5/c13-5-1-2-6-7(3-5)15-12(14-6)11(20)10(19)9(18)8(17)4-16/h1-3,8-11,16-20H,4H2,(H,14,15)/t8?,9-,10?,11?/m0/s1. The highest BCUT2D eigenvalue weighted by Crippen LogP contribution is 2.23. The van der Waals surface area contributed by atoms with Crippen molar-refractivity contribution in [3.05, 3.63) is 29.0 Å². The molecular weight excluding hydrogens is 288 g/mol. The predicted octanol–water partition coefficient (Wildman–Crippen LogP) is -0.675. The summed E-state index contributed by atoms with van der Waals surface area (Å²) in [6, 6.07) is 4.86. The molecule has 0 aliphatic heterocycles. The van der Waals surface area contributed by atoms with Gasteiger partial charge in [-0.25, -0.2) is 4.98 Å². The lowest BCUT2D eigenvalue weighted by Gasteiger charge is -2.24. The second-order valence-electron chi connectivity index (χ2n) is 4.46. The van der Waals surface area contributed by atoms with Crippen LogP contribution < -0.4 is 0 Å². The summed E-state index contributed by atoms with van der Waals surface area (Å²) in [7, 11) is 0. The van der Waals surface area contributed by atoms with Crippen LogP contribution in [0.25, 0.3) is 11.0 Å². The molecule has 3 unspecified atom stereocenters. The van der Waals surface area contributed by atoms with Crippen LogP contribution in [-0.2, 0) is 0 Å². The summed E-state index contributed by atoms with van der Waals surface area (Å²) >= 11 is 5.82. The van der Waals surface area contributed by atoms with E-state index in [1.165, 1.54) is 0 Å². The van der Waals surface area contributed by atoms with Crippen LogP contribution in [-0.4, -0.2) is 60.4 Å². The van der Waals surface area contributed by atoms with Crippen molar-refractivity contribution in [2.24, 2.45) is 0 Å². The Morgan fingerprint density at radius 1 is 1.15 bits per heavy atom. The molecule has 110 valence electrons. The van der Waals surface area contributed by atoms with Crippen LogP contribution in [0, 0.1) is 0 Å². The molecule has 0 spiro atoms. The SMILES string of the molecule is OCC(O)[C@H](O)C(O)C(O)c1nc2ccc(Cl)cc2[nH]1. The van der Waals surface area contributed by atoms with Gasteiger partial charge in [0.25, 0.3) is 0 Å². The monoisotopic (exact) mass is 302 g/mol. The molecule has 0 aliphatic rings. The van der Waals surface area contributed by atoms with E-state index >= 15 is 0 Å². The van der Waals surface area contributed by atoms with Crippen molar-refractivity contribution in [1.82, 2.24) is 9.97 Å². The smallest absolute Gasteiger partial charge is 0.140 e. The first-order valence-corrected chi connectivity index (χ1v) is 6.30. The summed E-state index contributed by atoms with van der Waals surface area (Å²) in [5.41, 5.74) is 1.10. The van der Waals surface area contributed by atoms with Crippen molar-refractivity contribution in [3.63, 3.8) is 0 Å². The molecule has 1 aromatic heterocycles. The van der Waals surface area contributed by atoms with Gasteiger partial charge >= 0.3 is 0 Å². The van der Waals surface area contributed by atoms with Gasteiger partial charge in [-0.15, -0.1) is 0 Å². The highest BCUT2D eigenvalue weighted by molar-refractivity contribution is 6.31. The second kappa shape index (κ2) is 6.04. The van der Waals surface area contributed by atoms with Crippen LogP contribution in [0.4, 0.5) is 0 Å². The molecule has 4 atom stereocenters. The van der Waals surface area contributed by atoms with Crippen LogP contribution >= 0.6 is 11.6 Å². The highest BCUT2D eigenvalue weighted by atomic mass is 35.5. The van der Waals surface area contributed by atoms with Crippen LogP contribution in [0.5, 0.6) is 0 Å². The number of imidazole rings is 1. The number of H-pyrrole nitrogens is 1. The maximum Gasteiger partial charge on any atom is 0.140 e. The van der Waals surface area contributed by atoms with E-state index in [0.29, 0.717) is 16.1 Å². The number of hydrogen-bond donors (Lipinski definition) is 6. The third-order valence-corrected chi connectivity index (χ3v) is 3.23. The fourth-order valence-corrected chi connectivity index (χ4v) is 2.00. The number of fused-ring (bicyclic) bond motifs is 1. The first kappa shape index (κ1) is 15.2. The van der Waals surface area contributed by atoms with Crippen molar-refractivity contribution < 1.29 is 25.5 Å². The lowest BCUT2D eigenvalue weighted by Crippen LogP contribution is -2.42. The van der Waals surface area contributed by atoms with Gasteiger partial charge in [0.05, 0.1) is 17.6 Å². The Labute approximate surface area is 119 Å². The fraction of sp³-hybridized carbons (Fsp3) is 0.417. The first-order chi connectivity index (χ1) is 9.43. The Balaban J connectivity index is 2.24. The average molecular weight is 303 g/mol. The molecule has 0 aliphatic carbocycles. The minimum atomic E-state index is -1.70. The van der Waals surface area contributed by atoms with Crippen molar-refractivity contribution >= 4 is 22.6 Å². The molecule has 1 aromatic carbocycles. The van der Waals surface area contributed by atoms with Crippen LogP contribution in [0.15, 0.2) is 18.2 Å². The number of rotatable bonds is 5. The number of aliphatic hydroxyl groups excluding tert-OH is 5. The predicted molar refractivity (Wildman–Crippen MR) is 71.2 cm³/mol. The third-order valence-electron chi connectivity index (χ3n) is 3.00. The van der Waals surface area contributed by atoms with E-state index in [9.17, 15) is 20.4 Å². The van der Waals surface area contributed by atoms with Gasteiger partial charge in [-0.2, -0.15) is 0 Å². The average Bonchev–Trinajstić information content (AvgIpc) is 2.86. The number of aromatic amines is 1. The zero-order valence-electron chi connectivity index (χ0n) is 10.3. The quantitative estimate of drug-likeness (QED) is 0.434. The summed E-state index contributed by atoms with van der Waals surface area (Å²) in [5.74, 6) is 0.0268. The molecule has 0 saturated heterocycles. The summed E-state index contributed by atoms with van der Waals surface area (Å²) in [6.45, 7) is -0.735. The van der Waals surface area contributed by atoms with Crippen LogP contribution in [0.1, 0.15) is 11.9 Å². The lowest BCUT2D eigenvalue weighted by molar-refractivity contribution is -0.117. The maximum absolute atomic E-state index is 9.94. The van der Waals surface area contributed by atoms with E-state index in [1.807, 2.05) is 0 Å². The maximum atomic E-state index is 9.94. The summed E-state index contributed by atoms with van der Waals surface area (Å²) in [6.07, 6.45) is -6.50. The number of aliphatic hydroxyl groups is 5. The molecule has 2 aromatic rings. The molecule has 7 nitrogen and oxygen atoms in total. The van der Waals surface area contributed by atoms with Gasteiger partial charge in [-0.1, -0.05) is 11.6 Å². The second-order valence-corrected chi connectivity index (χ2v) is 4.90. The van der Waals surface area contributed by atoms with Gasteiger partial charge in [-0.05, 0) is 18.2 Å². The van der Waals surface area contributed by atoms with Gasteiger partial charge < -0.3 is 30.5 Å². The van der Waals surface area contributed by atoms with Gasteiger partial charge in [0.15, 0.2) is 0 Å². The van der Waals surface area contributed by atoms with E-state index < -0.39 is 31.0 Å². The Morgan fingerprint density at radius 2 is 1.85 bits per heavy atom. The van der Waals surface area contributed by atoms with Gasteiger partial charge in [0, 0.05) is 5.02 Å². The van der Waals surface area contributed by atoms with Crippen molar-refractivity contribution in [3.8, 4) is 0 Å². The number of nitrogens with one attached hydrogen (secondary N) is 1. The van der Waals surface area contributed by atoms with E-state index in [4.69, 9.17) is 16.7 Å². The number of hydrogen-bond acceptors (Lipinski definition) is 6. The van der Waals surface area contributed by atoms with Gasteiger partial charge in [-0.3, -0.25) is 0 Å². The van der Waals surface area contributed by atoms with Crippen molar-refractivity contribution in [2.75, 3.05) is 6.61 Å². The van der Waals surface area contributed by atoms with E-state index in [-0.39, 0.29) is 5.82 Å². The molecule has 0 bridgehead atoms. The molecular formula is C12H15ClN2O5. The van der Waals surface area contributed by atoms with E-state index in [2.05, 4.69) is 9.97 Å². The van der Waals surface area contributed by atoms with Crippen LogP contribution in [0.2, 0.25) is 5.02 Å². The number of nitrogens with zero attached hydrogens (tertiary/aromatic N) is 1.